The number of hydrogen-bond donors (Lipinski definition) is 1. The summed E-state index contributed by atoms with van der Waals surface area (Å²) in [5.74, 6) is 0.255. The van der Waals surface area contributed by atoms with E-state index >= 15 is 0 Å². The van der Waals surface area contributed by atoms with E-state index in [0.717, 1.165) is 10.0 Å². The first kappa shape index (κ1) is 13.1. The molecule has 0 aliphatic heterocycles. The number of hydrogen-bond acceptors (Lipinski definition) is 5. The molecule has 0 saturated carbocycles. The molecule has 0 amide bonds. The van der Waals surface area contributed by atoms with Crippen molar-refractivity contribution in [1.29, 1.82) is 0 Å². The van der Waals surface area contributed by atoms with E-state index in [2.05, 4.69) is 26.2 Å². The van der Waals surface area contributed by atoms with Crippen LogP contribution in [0.1, 0.15) is 5.56 Å². The summed E-state index contributed by atoms with van der Waals surface area (Å²) in [5.41, 5.74) is 1.01. The molecule has 20 heavy (non-hydrogen) atoms. The van der Waals surface area contributed by atoms with Crippen molar-refractivity contribution < 1.29 is 4.92 Å². The molecule has 102 valence electrons. The smallest absolute Gasteiger partial charge is 0.359 e. The highest BCUT2D eigenvalue weighted by Crippen LogP contribution is 2.28. The molecule has 0 bridgehead atoms. The Bertz CT molecular complexity index is 783. The fraction of sp³-hybridized carbons (Fsp3) is 0.0833. The fourth-order valence-electron chi connectivity index (χ4n) is 1.89. The highest BCUT2D eigenvalue weighted by atomic mass is 79.9. The van der Waals surface area contributed by atoms with Crippen LogP contribution in [-0.2, 0) is 6.54 Å². The number of rotatable bonds is 4. The zero-order valence-electron chi connectivity index (χ0n) is 10.1. The van der Waals surface area contributed by atoms with Gasteiger partial charge in [0.15, 0.2) is 0 Å². The molecule has 2 aromatic heterocycles. The van der Waals surface area contributed by atoms with Gasteiger partial charge in [-0.05, 0) is 16.6 Å². The lowest BCUT2D eigenvalue weighted by Gasteiger charge is -2.05. The van der Waals surface area contributed by atoms with Crippen molar-refractivity contribution in [3.8, 4) is 0 Å². The Morgan fingerprint density at radius 1 is 1.45 bits per heavy atom. The summed E-state index contributed by atoms with van der Waals surface area (Å²) >= 11 is 4.81. The minimum Gasteiger partial charge on any atom is -0.359 e. The summed E-state index contributed by atoms with van der Waals surface area (Å²) in [7, 11) is 0. The summed E-state index contributed by atoms with van der Waals surface area (Å²) < 4.78 is 2.43. The van der Waals surface area contributed by atoms with E-state index in [1.54, 1.807) is 11.6 Å². The molecule has 1 aromatic carbocycles. The second-order valence-corrected chi connectivity index (χ2v) is 5.77. The Kier molecular flexibility index (Phi) is 3.41. The first-order chi connectivity index (χ1) is 9.66. The molecule has 3 rings (SSSR count). The van der Waals surface area contributed by atoms with E-state index < -0.39 is 4.92 Å². The molecule has 0 unspecified atom stereocenters. The van der Waals surface area contributed by atoms with Crippen LogP contribution in [0.3, 0.4) is 0 Å². The number of nitrogens with zero attached hydrogens (tertiary/aromatic N) is 3. The molecule has 0 aliphatic rings. The van der Waals surface area contributed by atoms with Gasteiger partial charge in [-0.15, -0.1) is 0 Å². The standard InChI is InChI=1S/C12H9BrN4O2S/c13-9-4-2-1-3-8(9)7-14-10-11(17(18)19)16-5-6-20-12(16)15-10/h1-6,14H,7H2. The van der Waals surface area contributed by atoms with E-state index in [1.807, 2.05) is 24.3 Å². The summed E-state index contributed by atoms with van der Waals surface area (Å²) in [4.78, 5) is 15.6. The lowest BCUT2D eigenvalue weighted by Crippen LogP contribution is -2.03. The van der Waals surface area contributed by atoms with E-state index in [-0.39, 0.29) is 11.6 Å². The molecule has 0 atom stereocenters. The number of benzene rings is 1. The lowest BCUT2D eigenvalue weighted by molar-refractivity contribution is -0.389. The highest BCUT2D eigenvalue weighted by Gasteiger charge is 2.23. The number of thiazole rings is 1. The van der Waals surface area contributed by atoms with Gasteiger partial charge in [-0.3, -0.25) is 0 Å². The Balaban J connectivity index is 1.91. The number of nitro groups is 1. The summed E-state index contributed by atoms with van der Waals surface area (Å²) in [6.07, 6.45) is 1.65. The van der Waals surface area contributed by atoms with Crippen LogP contribution in [0.5, 0.6) is 0 Å². The molecule has 0 saturated heterocycles. The molecule has 6 nitrogen and oxygen atoms in total. The molecular weight excluding hydrogens is 344 g/mol. The van der Waals surface area contributed by atoms with Gasteiger partial charge >= 0.3 is 5.82 Å². The van der Waals surface area contributed by atoms with Crippen molar-refractivity contribution in [1.82, 2.24) is 9.38 Å². The number of nitrogens with one attached hydrogen (secondary N) is 1. The average Bonchev–Trinajstić information content (AvgIpc) is 2.97. The minimum absolute atomic E-state index is 0.0340. The molecule has 1 N–H and O–H groups in total. The zero-order chi connectivity index (χ0) is 14.1. The summed E-state index contributed by atoms with van der Waals surface area (Å²) in [6, 6.07) is 7.71. The maximum atomic E-state index is 11.2. The number of halogens is 1. The van der Waals surface area contributed by atoms with Gasteiger partial charge < -0.3 is 15.4 Å². The first-order valence-electron chi connectivity index (χ1n) is 5.74. The van der Waals surface area contributed by atoms with Crippen LogP contribution in [0.15, 0.2) is 40.3 Å². The third-order valence-corrected chi connectivity index (χ3v) is 4.34. The van der Waals surface area contributed by atoms with E-state index in [4.69, 9.17) is 0 Å². The van der Waals surface area contributed by atoms with Crippen LogP contribution in [0, 0.1) is 10.1 Å². The molecule has 2 heterocycles. The quantitative estimate of drug-likeness (QED) is 0.574. The summed E-state index contributed by atoms with van der Waals surface area (Å²) in [5, 5.41) is 16.0. The SMILES string of the molecule is O=[N+]([O-])c1c(NCc2ccccc2Br)nc2sccn12. The number of imidazole rings is 1. The number of anilines is 1. The van der Waals surface area contributed by atoms with Crippen LogP contribution in [-0.4, -0.2) is 14.3 Å². The van der Waals surface area contributed by atoms with E-state index in [9.17, 15) is 10.1 Å². The lowest BCUT2D eigenvalue weighted by atomic mass is 10.2. The maximum absolute atomic E-state index is 11.2. The Morgan fingerprint density at radius 2 is 2.25 bits per heavy atom. The molecule has 8 heteroatoms. The fourth-order valence-corrected chi connectivity index (χ4v) is 3.02. The molecular formula is C12H9BrN4O2S. The molecule has 3 aromatic rings. The maximum Gasteiger partial charge on any atom is 0.372 e. The van der Waals surface area contributed by atoms with Gasteiger partial charge in [0, 0.05) is 16.4 Å². The van der Waals surface area contributed by atoms with Crippen molar-refractivity contribution in [2.45, 2.75) is 6.54 Å². The molecule has 0 aliphatic carbocycles. The van der Waals surface area contributed by atoms with Crippen LogP contribution >= 0.6 is 27.3 Å². The van der Waals surface area contributed by atoms with Crippen molar-refractivity contribution >= 4 is 43.9 Å². The summed E-state index contributed by atoms with van der Waals surface area (Å²) in [6.45, 7) is 0.465. The van der Waals surface area contributed by atoms with Crippen molar-refractivity contribution in [3.63, 3.8) is 0 Å². The number of fused-ring (bicyclic) bond motifs is 1. The van der Waals surface area contributed by atoms with Crippen molar-refractivity contribution in [2.24, 2.45) is 0 Å². The van der Waals surface area contributed by atoms with Crippen LogP contribution < -0.4 is 5.32 Å². The van der Waals surface area contributed by atoms with Crippen LogP contribution in [0.4, 0.5) is 11.6 Å². The first-order valence-corrected chi connectivity index (χ1v) is 7.41. The molecule has 0 radical (unpaired) electrons. The Morgan fingerprint density at radius 3 is 3.00 bits per heavy atom. The van der Waals surface area contributed by atoms with Crippen LogP contribution in [0.2, 0.25) is 0 Å². The third kappa shape index (κ3) is 2.27. The van der Waals surface area contributed by atoms with Gasteiger partial charge in [-0.25, -0.2) is 0 Å². The van der Waals surface area contributed by atoms with E-state index in [0.29, 0.717) is 11.5 Å². The third-order valence-electron chi connectivity index (χ3n) is 2.81. The second kappa shape index (κ2) is 5.22. The van der Waals surface area contributed by atoms with Gasteiger partial charge in [-0.2, -0.15) is 9.38 Å². The van der Waals surface area contributed by atoms with Gasteiger partial charge in [0.25, 0.3) is 4.96 Å². The van der Waals surface area contributed by atoms with E-state index in [1.165, 1.54) is 15.7 Å². The minimum atomic E-state index is -0.422. The number of aromatic nitrogens is 2. The zero-order valence-corrected chi connectivity index (χ0v) is 12.5. The topological polar surface area (TPSA) is 72.5 Å². The Labute approximate surface area is 126 Å². The molecule has 0 spiro atoms. The van der Waals surface area contributed by atoms with Crippen molar-refractivity contribution in [3.05, 3.63) is 56.0 Å². The van der Waals surface area contributed by atoms with Gasteiger partial charge in [0.1, 0.15) is 6.20 Å². The Hall–Kier alpha value is -1.93. The van der Waals surface area contributed by atoms with Crippen molar-refractivity contribution in [2.75, 3.05) is 5.32 Å². The van der Waals surface area contributed by atoms with Crippen LogP contribution in [0.25, 0.3) is 4.96 Å². The van der Waals surface area contributed by atoms with Gasteiger partial charge in [-0.1, -0.05) is 45.5 Å². The largest absolute Gasteiger partial charge is 0.372 e. The predicted molar refractivity (Wildman–Crippen MR) is 81.2 cm³/mol. The average molecular weight is 353 g/mol. The normalized spacial score (nSPS) is 10.8. The monoisotopic (exact) mass is 352 g/mol. The highest BCUT2D eigenvalue weighted by molar-refractivity contribution is 9.10. The second-order valence-electron chi connectivity index (χ2n) is 4.04. The van der Waals surface area contributed by atoms with Gasteiger partial charge in [0.2, 0.25) is 5.82 Å². The molecule has 0 fully saturated rings. The van der Waals surface area contributed by atoms with Gasteiger partial charge in [0.05, 0.1) is 0 Å². The predicted octanol–water partition coefficient (Wildman–Crippen LogP) is 3.68.